The maximum Gasteiger partial charge on any atom is 0.259 e. The van der Waals surface area contributed by atoms with Crippen molar-refractivity contribution in [1.82, 2.24) is 20.4 Å². The van der Waals surface area contributed by atoms with Crippen molar-refractivity contribution in [2.75, 3.05) is 18.4 Å². The molecule has 1 fully saturated rings. The van der Waals surface area contributed by atoms with Gasteiger partial charge in [-0.1, -0.05) is 11.2 Å². The Kier molecular flexibility index (Phi) is 6.07. The molecule has 0 saturated carbocycles. The van der Waals surface area contributed by atoms with Crippen LogP contribution in [0.4, 0.5) is 5.69 Å². The van der Waals surface area contributed by atoms with Gasteiger partial charge in [0, 0.05) is 43.3 Å². The van der Waals surface area contributed by atoms with Gasteiger partial charge in [0.25, 0.3) is 11.8 Å². The van der Waals surface area contributed by atoms with Crippen molar-refractivity contribution in [3.63, 3.8) is 0 Å². The molecule has 1 atom stereocenters. The molecule has 0 bridgehead atoms. The minimum Gasteiger partial charge on any atom is -0.361 e. The lowest BCUT2D eigenvalue weighted by molar-refractivity contribution is -0.118. The number of pyridine rings is 1. The highest BCUT2D eigenvalue weighted by atomic mass is 16.5. The molecule has 9 heteroatoms. The van der Waals surface area contributed by atoms with E-state index in [0.29, 0.717) is 55.1 Å². The molecule has 2 N–H and O–H groups in total. The second-order valence-electron chi connectivity index (χ2n) is 9.14. The van der Waals surface area contributed by atoms with Crippen molar-refractivity contribution in [3.8, 4) is 0 Å². The summed E-state index contributed by atoms with van der Waals surface area (Å²) in [6.45, 7) is 4.99. The summed E-state index contributed by atoms with van der Waals surface area (Å²) in [6, 6.07) is 9.06. The number of aryl methyl sites for hydroxylation is 2. The summed E-state index contributed by atoms with van der Waals surface area (Å²) in [5, 5.41) is 9.76. The Balaban J connectivity index is 1.27. The first-order chi connectivity index (χ1) is 16.9. The van der Waals surface area contributed by atoms with E-state index >= 15 is 0 Å². The zero-order chi connectivity index (χ0) is 24.5. The van der Waals surface area contributed by atoms with Gasteiger partial charge in [-0.2, -0.15) is 0 Å². The van der Waals surface area contributed by atoms with Gasteiger partial charge in [-0.05, 0) is 68.0 Å². The average molecular weight is 474 g/mol. The molecule has 1 aromatic carbocycles. The second kappa shape index (κ2) is 9.32. The van der Waals surface area contributed by atoms with Crippen molar-refractivity contribution >= 4 is 23.4 Å². The number of amides is 3. The molecule has 180 valence electrons. The Morgan fingerprint density at radius 3 is 2.69 bits per heavy atom. The summed E-state index contributed by atoms with van der Waals surface area (Å²) in [5.41, 5.74) is 4.13. The smallest absolute Gasteiger partial charge is 0.259 e. The van der Waals surface area contributed by atoms with Gasteiger partial charge in [-0.3, -0.25) is 19.4 Å². The average Bonchev–Trinajstić information content (AvgIpc) is 3.39. The number of piperidine rings is 1. The lowest BCUT2D eigenvalue weighted by Gasteiger charge is -2.34. The highest BCUT2D eigenvalue weighted by molar-refractivity contribution is 6.05. The van der Waals surface area contributed by atoms with Crippen LogP contribution in [-0.2, 0) is 11.3 Å². The van der Waals surface area contributed by atoms with Crippen molar-refractivity contribution < 1.29 is 18.9 Å². The number of hydrogen-bond donors (Lipinski definition) is 2. The number of fused-ring (bicyclic) bond motifs is 1. The van der Waals surface area contributed by atoms with Crippen molar-refractivity contribution in [1.29, 1.82) is 0 Å². The van der Waals surface area contributed by atoms with Crippen LogP contribution >= 0.6 is 0 Å². The number of hydrogen-bond acceptors (Lipinski definition) is 6. The van der Waals surface area contributed by atoms with Crippen LogP contribution in [0.1, 0.15) is 62.1 Å². The summed E-state index contributed by atoms with van der Waals surface area (Å²) in [5.74, 6) is -0.0688. The largest absolute Gasteiger partial charge is 0.361 e. The van der Waals surface area contributed by atoms with E-state index in [0.717, 1.165) is 16.8 Å². The molecule has 2 aliphatic rings. The molecular formula is C26H27N5O4. The molecule has 1 unspecified atom stereocenters. The lowest BCUT2D eigenvalue weighted by Crippen LogP contribution is -2.41. The number of carbonyl (C=O) groups excluding carboxylic acids is 3. The minimum atomic E-state index is -0.340. The number of likely N-dealkylation sites (tertiary alicyclic amines) is 1. The van der Waals surface area contributed by atoms with Crippen molar-refractivity contribution in [2.45, 2.75) is 39.2 Å². The number of nitrogens with zero attached hydrogens (tertiary/aromatic N) is 3. The first-order valence-corrected chi connectivity index (χ1v) is 11.8. The summed E-state index contributed by atoms with van der Waals surface area (Å²) in [6.07, 6.45) is 4.80. The van der Waals surface area contributed by atoms with E-state index < -0.39 is 0 Å². The lowest BCUT2D eigenvalue weighted by atomic mass is 9.80. The molecule has 0 spiro atoms. The van der Waals surface area contributed by atoms with Gasteiger partial charge in [0.2, 0.25) is 5.91 Å². The van der Waals surface area contributed by atoms with Gasteiger partial charge in [0.15, 0.2) is 0 Å². The number of anilines is 1. The molecule has 1 saturated heterocycles. The second-order valence-corrected chi connectivity index (χ2v) is 9.14. The van der Waals surface area contributed by atoms with E-state index in [1.54, 1.807) is 43.3 Å². The SMILES string of the molecule is Cc1noc(C)c1C(=O)N1CCC(C2C(=O)Nc3ccc(C(=O)NCc4cccnc4)cc32)CC1. The monoisotopic (exact) mass is 473 g/mol. The van der Waals surface area contributed by atoms with Gasteiger partial charge < -0.3 is 20.1 Å². The first kappa shape index (κ1) is 22.8. The summed E-state index contributed by atoms with van der Waals surface area (Å²) < 4.78 is 5.15. The number of benzene rings is 1. The fourth-order valence-electron chi connectivity index (χ4n) is 5.06. The topological polar surface area (TPSA) is 117 Å². The Bertz CT molecular complexity index is 1260. The Morgan fingerprint density at radius 2 is 2.00 bits per heavy atom. The van der Waals surface area contributed by atoms with Crippen LogP contribution in [0.2, 0.25) is 0 Å². The molecular weight excluding hydrogens is 446 g/mol. The quantitative estimate of drug-likeness (QED) is 0.588. The van der Waals surface area contributed by atoms with Gasteiger partial charge >= 0.3 is 0 Å². The highest BCUT2D eigenvalue weighted by Crippen LogP contribution is 2.42. The number of aromatic nitrogens is 2. The molecule has 3 amide bonds. The van der Waals surface area contributed by atoms with E-state index in [1.165, 1.54) is 0 Å². The molecule has 2 aliphatic heterocycles. The fraction of sp³-hybridized carbons (Fsp3) is 0.346. The molecule has 3 aromatic rings. The van der Waals surface area contributed by atoms with E-state index in [4.69, 9.17) is 4.52 Å². The van der Waals surface area contributed by atoms with Crippen LogP contribution in [0.15, 0.2) is 47.2 Å². The molecule has 35 heavy (non-hydrogen) atoms. The summed E-state index contributed by atoms with van der Waals surface area (Å²) >= 11 is 0. The zero-order valence-electron chi connectivity index (χ0n) is 19.7. The van der Waals surface area contributed by atoms with E-state index in [2.05, 4.69) is 20.8 Å². The predicted octanol–water partition coefficient (Wildman–Crippen LogP) is 3.20. The van der Waals surface area contributed by atoms with Gasteiger partial charge in [0.1, 0.15) is 11.3 Å². The van der Waals surface area contributed by atoms with E-state index in [1.807, 2.05) is 18.2 Å². The third-order valence-electron chi connectivity index (χ3n) is 6.91. The van der Waals surface area contributed by atoms with Crippen LogP contribution in [0.3, 0.4) is 0 Å². The Hall–Kier alpha value is -4.01. The van der Waals surface area contributed by atoms with E-state index in [9.17, 15) is 14.4 Å². The highest BCUT2D eigenvalue weighted by Gasteiger charge is 2.39. The number of nitrogens with one attached hydrogen (secondary N) is 2. The van der Waals surface area contributed by atoms with Gasteiger partial charge in [0.05, 0.1) is 11.6 Å². The zero-order valence-corrected chi connectivity index (χ0v) is 19.7. The Morgan fingerprint density at radius 1 is 1.20 bits per heavy atom. The molecule has 9 nitrogen and oxygen atoms in total. The van der Waals surface area contributed by atoms with Crippen molar-refractivity contribution in [2.24, 2.45) is 5.92 Å². The normalized spacial score (nSPS) is 17.7. The van der Waals surface area contributed by atoms with Crippen LogP contribution < -0.4 is 10.6 Å². The fourth-order valence-corrected chi connectivity index (χ4v) is 5.06. The van der Waals surface area contributed by atoms with Crippen LogP contribution in [0.25, 0.3) is 0 Å². The van der Waals surface area contributed by atoms with E-state index in [-0.39, 0.29) is 29.6 Å². The first-order valence-electron chi connectivity index (χ1n) is 11.8. The molecule has 5 rings (SSSR count). The third-order valence-corrected chi connectivity index (χ3v) is 6.91. The standard InChI is InChI=1S/C26H27N5O4/c1-15-22(16(2)35-30-15)26(34)31-10-7-18(8-11-31)23-20-12-19(5-6-21(20)29-25(23)33)24(32)28-14-17-4-3-9-27-13-17/h3-6,9,12-13,18,23H,7-8,10-11,14H2,1-2H3,(H,28,32)(H,29,33). The molecule has 0 radical (unpaired) electrons. The van der Waals surface area contributed by atoms with Gasteiger partial charge in [-0.15, -0.1) is 0 Å². The van der Waals surface area contributed by atoms with Crippen LogP contribution in [0, 0.1) is 19.8 Å². The molecule has 2 aromatic heterocycles. The van der Waals surface area contributed by atoms with Crippen LogP contribution in [0.5, 0.6) is 0 Å². The maximum atomic E-state index is 13.0. The third kappa shape index (κ3) is 4.41. The number of rotatable bonds is 5. The molecule has 4 heterocycles. The minimum absolute atomic E-state index is 0.0524. The summed E-state index contributed by atoms with van der Waals surface area (Å²) in [7, 11) is 0. The maximum absolute atomic E-state index is 13.0. The predicted molar refractivity (Wildman–Crippen MR) is 128 cm³/mol. The van der Waals surface area contributed by atoms with Crippen LogP contribution in [-0.4, -0.2) is 45.9 Å². The van der Waals surface area contributed by atoms with Crippen molar-refractivity contribution in [3.05, 3.63) is 76.4 Å². The Labute approximate surface area is 202 Å². The number of carbonyl (C=O) groups is 3. The summed E-state index contributed by atoms with van der Waals surface area (Å²) in [4.78, 5) is 44.5. The van der Waals surface area contributed by atoms with Gasteiger partial charge in [-0.25, -0.2) is 0 Å². The molecule has 0 aliphatic carbocycles.